The fourth-order valence-electron chi connectivity index (χ4n) is 2.21. The van der Waals surface area contributed by atoms with Crippen molar-refractivity contribution in [3.05, 3.63) is 42.0 Å². The highest BCUT2D eigenvalue weighted by Gasteiger charge is 2.11. The van der Waals surface area contributed by atoms with E-state index < -0.39 is 0 Å². The highest BCUT2D eigenvalue weighted by molar-refractivity contribution is 5.79. The lowest BCUT2D eigenvalue weighted by Gasteiger charge is -2.08. The molecule has 3 aromatic rings. The first kappa shape index (κ1) is 13.2. The molecule has 3 rings (SSSR count). The van der Waals surface area contributed by atoms with Gasteiger partial charge in [-0.1, -0.05) is 17.3 Å². The van der Waals surface area contributed by atoms with Gasteiger partial charge in [0.15, 0.2) is 11.5 Å². The summed E-state index contributed by atoms with van der Waals surface area (Å²) in [5.41, 5.74) is 9.20. The van der Waals surface area contributed by atoms with Crippen molar-refractivity contribution in [2.75, 3.05) is 20.0 Å². The van der Waals surface area contributed by atoms with Crippen LogP contribution in [0.4, 0.5) is 5.69 Å². The van der Waals surface area contributed by atoms with Crippen LogP contribution in [-0.2, 0) is 6.54 Å². The molecule has 108 valence electrons. The summed E-state index contributed by atoms with van der Waals surface area (Å²) in [6, 6.07) is 11.4. The Morgan fingerprint density at radius 1 is 1.05 bits per heavy atom. The second kappa shape index (κ2) is 5.32. The molecule has 2 aromatic carbocycles. The maximum Gasteiger partial charge on any atom is 0.163 e. The number of rotatable bonds is 4. The highest BCUT2D eigenvalue weighted by atomic mass is 16.5. The molecule has 0 bridgehead atoms. The van der Waals surface area contributed by atoms with Gasteiger partial charge >= 0.3 is 0 Å². The smallest absolute Gasteiger partial charge is 0.163 e. The zero-order chi connectivity index (χ0) is 14.8. The van der Waals surface area contributed by atoms with Crippen LogP contribution >= 0.6 is 0 Å². The summed E-state index contributed by atoms with van der Waals surface area (Å²) in [5, 5.41) is 8.36. The van der Waals surface area contributed by atoms with Crippen LogP contribution in [0.2, 0.25) is 0 Å². The van der Waals surface area contributed by atoms with Crippen LogP contribution in [0.15, 0.2) is 36.4 Å². The standard InChI is InChI=1S/C15H16N4O2/c1-20-14-7-12-13(8-15(14)21-2)19(18-17-12)9-10-3-5-11(16)6-4-10/h3-8H,9,16H2,1-2H3. The average molecular weight is 284 g/mol. The molecular formula is C15H16N4O2. The fourth-order valence-corrected chi connectivity index (χ4v) is 2.21. The minimum atomic E-state index is 0.617. The van der Waals surface area contributed by atoms with Crippen molar-refractivity contribution in [2.24, 2.45) is 0 Å². The minimum absolute atomic E-state index is 0.617. The first-order chi connectivity index (χ1) is 10.2. The Balaban J connectivity index is 2.01. The van der Waals surface area contributed by atoms with Crippen LogP contribution in [0.25, 0.3) is 11.0 Å². The van der Waals surface area contributed by atoms with Crippen molar-refractivity contribution in [1.29, 1.82) is 0 Å². The Morgan fingerprint density at radius 2 is 1.71 bits per heavy atom. The molecule has 1 heterocycles. The molecule has 0 amide bonds. The predicted octanol–water partition coefficient (Wildman–Crippen LogP) is 2.08. The first-order valence-corrected chi connectivity index (χ1v) is 6.51. The zero-order valence-electron chi connectivity index (χ0n) is 11.9. The molecule has 0 radical (unpaired) electrons. The summed E-state index contributed by atoms with van der Waals surface area (Å²) in [5.74, 6) is 1.30. The Bertz CT molecular complexity index is 765. The molecule has 0 aliphatic heterocycles. The predicted molar refractivity (Wildman–Crippen MR) is 80.6 cm³/mol. The van der Waals surface area contributed by atoms with Crippen LogP contribution in [0.3, 0.4) is 0 Å². The van der Waals surface area contributed by atoms with Gasteiger partial charge in [0, 0.05) is 17.8 Å². The van der Waals surface area contributed by atoms with Gasteiger partial charge in [-0.25, -0.2) is 4.68 Å². The van der Waals surface area contributed by atoms with Gasteiger partial charge in [0.25, 0.3) is 0 Å². The molecule has 6 heteroatoms. The van der Waals surface area contributed by atoms with Crippen LogP contribution in [0.5, 0.6) is 11.5 Å². The van der Waals surface area contributed by atoms with Crippen molar-refractivity contribution < 1.29 is 9.47 Å². The van der Waals surface area contributed by atoms with Crippen molar-refractivity contribution in [3.8, 4) is 11.5 Å². The maximum absolute atomic E-state index is 5.70. The Kier molecular flexibility index (Phi) is 3.35. The molecule has 0 spiro atoms. The van der Waals surface area contributed by atoms with Crippen molar-refractivity contribution >= 4 is 16.7 Å². The summed E-state index contributed by atoms with van der Waals surface area (Å²) in [7, 11) is 3.21. The maximum atomic E-state index is 5.70. The lowest BCUT2D eigenvalue weighted by Crippen LogP contribution is -2.02. The third-order valence-electron chi connectivity index (χ3n) is 3.33. The van der Waals surface area contributed by atoms with E-state index in [4.69, 9.17) is 15.2 Å². The van der Waals surface area contributed by atoms with E-state index in [1.54, 1.807) is 14.2 Å². The molecule has 0 saturated carbocycles. The van der Waals surface area contributed by atoms with Crippen LogP contribution in [0, 0.1) is 0 Å². The monoisotopic (exact) mass is 284 g/mol. The topological polar surface area (TPSA) is 75.2 Å². The van der Waals surface area contributed by atoms with Gasteiger partial charge in [-0.05, 0) is 17.7 Å². The minimum Gasteiger partial charge on any atom is -0.493 e. The number of anilines is 1. The van der Waals surface area contributed by atoms with Gasteiger partial charge in [0.1, 0.15) is 5.52 Å². The lowest BCUT2D eigenvalue weighted by atomic mass is 10.2. The van der Waals surface area contributed by atoms with E-state index in [0.29, 0.717) is 18.0 Å². The quantitative estimate of drug-likeness (QED) is 0.742. The second-order valence-corrected chi connectivity index (χ2v) is 4.68. The molecule has 0 unspecified atom stereocenters. The SMILES string of the molecule is COc1cc2nnn(Cc3ccc(N)cc3)c2cc1OC. The molecule has 1 aromatic heterocycles. The summed E-state index contributed by atoms with van der Waals surface area (Å²) in [6.07, 6.45) is 0. The van der Waals surface area contributed by atoms with E-state index in [2.05, 4.69) is 10.3 Å². The van der Waals surface area contributed by atoms with E-state index in [-0.39, 0.29) is 0 Å². The average Bonchev–Trinajstić information content (AvgIpc) is 2.90. The number of ether oxygens (including phenoxy) is 2. The number of nitrogens with zero attached hydrogens (tertiary/aromatic N) is 3. The fraction of sp³-hybridized carbons (Fsp3) is 0.200. The van der Waals surface area contributed by atoms with E-state index >= 15 is 0 Å². The number of benzene rings is 2. The number of nitrogens with two attached hydrogens (primary N) is 1. The largest absolute Gasteiger partial charge is 0.493 e. The second-order valence-electron chi connectivity index (χ2n) is 4.68. The molecule has 0 aliphatic rings. The van der Waals surface area contributed by atoms with Crippen molar-refractivity contribution in [3.63, 3.8) is 0 Å². The van der Waals surface area contributed by atoms with Gasteiger partial charge in [-0.2, -0.15) is 0 Å². The Labute approximate surface area is 122 Å². The van der Waals surface area contributed by atoms with Crippen molar-refractivity contribution in [2.45, 2.75) is 6.54 Å². The van der Waals surface area contributed by atoms with Crippen LogP contribution < -0.4 is 15.2 Å². The van der Waals surface area contributed by atoms with Gasteiger partial charge < -0.3 is 15.2 Å². The van der Waals surface area contributed by atoms with E-state index in [1.807, 2.05) is 41.1 Å². The summed E-state index contributed by atoms with van der Waals surface area (Å²) < 4.78 is 12.4. The molecule has 21 heavy (non-hydrogen) atoms. The lowest BCUT2D eigenvalue weighted by molar-refractivity contribution is 0.355. The van der Waals surface area contributed by atoms with Crippen LogP contribution in [0.1, 0.15) is 5.56 Å². The number of nitrogen functional groups attached to an aromatic ring is 1. The van der Waals surface area contributed by atoms with Gasteiger partial charge in [0.05, 0.1) is 26.3 Å². The number of methoxy groups -OCH3 is 2. The van der Waals surface area contributed by atoms with Crippen LogP contribution in [-0.4, -0.2) is 29.2 Å². The molecule has 0 aliphatic carbocycles. The summed E-state index contributed by atoms with van der Waals surface area (Å²) in [6.45, 7) is 0.617. The summed E-state index contributed by atoms with van der Waals surface area (Å²) in [4.78, 5) is 0. The Morgan fingerprint density at radius 3 is 2.38 bits per heavy atom. The molecule has 2 N–H and O–H groups in total. The van der Waals surface area contributed by atoms with Gasteiger partial charge in [-0.15, -0.1) is 5.10 Å². The number of aromatic nitrogens is 3. The molecule has 0 fully saturated rings. The molecule has 0 saturated heterocycles. The molecule has 0 atom stereocenters. The third-order valence-corrected chi connectivity index (χ3v) is 3.33. The van der Waals surface area contributed by atoms with E-state index in [9.17, 15) is 0 Å². The summed E-state index contributed by atoms with van der Waals surface area (Å²) >= 11 is 0. The number of hydrogen-bond donors (Lipinski definition) is 1. The van der Waals surface area contributed by atoms with E-state index in [1.165, 1.54) is 0 Å². The number of hydrogen-bond acceptors (Lipinski definition) is 5. The normalized spacial score (nSPS) is 10.8. The van der Waals surface area contributed by atoms with Crippen molar-refractivity contribution in [1.82, 2.24) is 15.0 Å². The zero-order valence-corrected chi connectivity index (χ0v) is 11.9. The third kappa shape index (κ3) is 2.47. The first-order valence-electron chi connectivity index (χ1n) is 6.51. The van der Waals surface area contributed by atoms with E-state index in [0.717, 1.165) is 22.3 Å². The van der Waals surface area contributed by atoms with Gasteiger partial charge in [-0.3, -0.25) is 0 Å². The molecule has 6 nitrogen and oxygen atoms in total. The number of fused-ring (bicyclic) bond motifs is 1. The Hall–Kier alpha value is -2.76. The molecular weight excluding hydrogens is 268 g/mol. The van der Waals surface area contributed by atoms with Gasteiger partial charge in [0.2, 0.25) is 0 Å². The highest BCUT2D eigenvalue weighted by Crippen LogP contribution is 2.31.